The molecule has 104 valence electrons. The average Bonchev–Trinajstić information content (AvgIpc) is 2.66. The Kier molecular flexibility index (Phi) is 5.23. The molecule has 0 aromatic carbocycles. The highest BCUT2D eigenvalue weighted by atomic mass is 16.5. The van der Waals surface area contributed by atoms with Gasteiger partial charge < -0.3 is 4.74 Å². The number of ketones is 1. The fraction of sp³-hybridized carbons (Fsp3) is 0.938. The highest BCUT2D eigenvalue weighted by molar-refractivity contribution is 5.89. The lowest BCUT2D eigenvalue weighted by atomic mass is 9.76. The van der Waals surface area contributed by atoms with E-state index in [4.69, 9.17) is 4.74 Å². The van der Waals surface area contributed by atoms with Crippen LogP contribution in [0.4, 0.5) is 0 Å². The van der Waals surface area contributed by atoms with Crippen molar-refractivity contribution in [1.82, 2.24) is 0 Å². The summed E-state index contributed by atoms with van der Waals surface area (Å²) in [5.41, 5.74) is -0.409. The third kappa shape index (κ3) is 3.14. The Bertz CT molecular complexity index is 258. The van der Waals surface area contributed by atoms with Gasteiger partial charge in [-0.2, -0.15) is 0 Å². The molecule has 0 heterocycles. The van der Waals surface area contributed by atoms with Gasteiger partial charge in [0.15, 0.2) is 5.78 Å². The Morgan fingerprint density at radius 3 is 2.11 bits per heavy atom. The molecule has 0 radical (unpaired) electrons. The number of carbonyl (C=O) groups excluding carboxylic acids is 1. The molecular weight excluding hydrogens is 224 g/mol. The standard InChI is InChI=1S/C16H28O2/c1-2-18-16(12-8-3-4-9-13-16)15(17)14-10-6-5-7-11-14/h14H,2-13H2,1H3. The highest BCUT2D eigenvalue weighted by Gasteiger charge is 2.42. The number of rotatable bonds is 4. The average molecular weight is 252 g/mol. The molecule has 0 aliphatic heterocycles. The van der Waals surface area contributed by atoms with Gasteiger partial charge in [-0.05, 0) is 32.6 Å². The molecule has 2 nitrogen and oxygen atoms in total. The molecule has 0 aromatic heterocycles. The third-order valence-corrected chi connectivity index (χ3v) is 4.76. The van der Waals surface area contributed by atoms with Gasteiger partial charge in [-0.15, -0.1) is 0 Å². The van der Waals surface area contributed by atoms with Gasteiger partial charge in [0.1, 0.15) is 5.60 Å². The molecule has 0 saturated heterocycles. The van der Waals surface area contributed by atoms with Crippen LogP contribution in [0, 0.1) is 5.92 Å². The summed E-state index contributed by atoms with van der Waals surface area (Å²) in [7, 11) is 0. The van der Waals surface area contributed by atoms with Crippen molar-refractivity contribution >= 4 is 5.78 Å². The Morgan fingerprint density at radius 2 is 1.56 bits per heavy atom. The maximum Gasteiger partial charge on any atom is 0.167 e. The topological polar surface area (TPSA) is 26.3 Å². The zero-order valence-electron chi connectivity index (χ0n) is 11.9. The zero-order chi connectivity index (χ0) is 12.8. The van der Waals surface area contributed by atoms with Crippen LogP contribution in [0.5, 0.6) is 0 Å². The van der Waals surface area contributed by atoms with Crippen LogP contribution in [0.15, 0.2) is 0 Å². The van der Waals surface area contributed by atoms with Crippen LogP contribution in [0.25, 0.3) is 0 Å². The smallest absolute Gasteiger partial charge is 0.167 e. The molecule has 0 bridgehead atoms. The predicted octanol–water partition coefficient (Wildman–Crippen LogP) is 4.27. The normalized spacial score (nSPS) is 25.6. The minimum absolute atomic E-state index is 0.295. The lowest BCUT2D eigenvalue weighted by Gasteiger charge is -2.35. The highest BCUT2D eigenvalue weighted by Crippen LogP contribution is 2.37. The van der Waals surface area contributed by atoms with Gasteiger partial charge in [0.2, 0.25) is 0 Å². The molecule has 2 rings (SSSR count). The van der Waals surface area contributed by atoms with Gasteiger partial charge in [0.05, 0.1) is 0 Å². The van der Waals surface area contributed by atoms with E-state index in [1.54, 1.807) is 0 Å². The first-order valence-corrected chi connectivity index (χ1v) is 7.97. The van der Waals surface area contributed by atoms with Crippen molar-refractivity contribution in [2.45, 2.75) is 83.2 Å². The van der Waals surface area contributed by atoms with E-state index in [2.05, 4.69) is 0 Å². The third-order valence-electron chi connectivity index (χ3n) is 4.76. The van der Waals surface area contributed by atoms with Gasteiger partial charge in [-0.1, -0.05) is 44.9 Å². The van der Waals surface area contributed by atoms with Crippen molar-refractivity contribution in [2.24, 2.45) is 5.92 Å². The van der Waals surface area contributed by atoms with Crippen molar-refractivity contribution < 1.29 is 9.53 Å². The van der Waals surface area contributed by atoms with E-state index < -0.39 is 5.60 Å². The van der Waals surface area contributed by atoms with Crippen LogP contribution >= 0.6 is 0 Å². The minimum atomic E-state index is -0.409. The van der Waals surface area contributed by atoms with Gasteiger partial charge in [-0.25, -0.2) is 0 Å². The summed E-state index contributed by atoms with van der Waals surface area (Å²) in [5.74, 6) is 0.745. The van der Waals surface area contributed by atoms with Crippen molar-refractivity contribution in [3.63, 3.8) is 0 Å². The first-order valence-electron chi connectivity index (χ1n) is 7.97. The van der Waals surface area contributed by atoms with E-state index in [1.807, 2.05) is 6.92 Å². The van der Waals surface area contributed by atoms with Gasteiger partial charge in [0.25, 0.3) is 0 Å². The molecule has 2 aliphatic rings. The number of ether oxygens (including phenoxy) is 1. The fourth-order valence-electron chi connectivity index (χ4n) is 3.77. The van der Waals surface area contributed by atoms with E-state index in [-0.39, 0.29) is 0 Å². The molecule has 2 fully saturated rings. The number of hydrogen-bond acceptors (Lipinski definition) is 2. The second-order valence-corrected chi connectivity index (χ2v) is 6.04. The summed E-state index contributed by atoms with van der Waals surface area (Å²) in [5, 5.41) is 0. The lowest BCUT2D eigenvalue weighted by Crippen LogP contribution is -2.45. The van der Waals surface area contributed by atoms with Crippen molar-refractivity contribution in [3.05, 3.63) is 0 Å². The fourth-order valence-corrected chi connectivity index (χ4v) is 3.77. The summed E-state index contributed by atoms with van der Waals surface area (Å²) in [4.78, 5) is 12.9. The number of Topliss-reactive ketones (excluding diaryl/α,β-unsaturated/α-hetero) is 1. The minimum Gasteiger partial charge on any atom is -0.367 e. The lowest BCUT2D eigenvalue weighted by molar-refractivity contribution is -0.151. The Morgan fingerprint density at radius 1 is 1.00 bits per heavy atom. The summed E-state index contributed by atoms with van der Waals surface area (Å²) in [6.45, 7) is 2.71. The van der Waals surface area contributed by atoms with Gasteiger partial charge in [0, 0.05) is 12.5 Å². The maximum atomic E-state index is 12.9. The molecule has 0 aromatic rings. The second-order valence-electron chi connectivity index (χ2n) is 6.04. The van der Waals surface area contributed by atoms with Crippen LogP contribution in [0.3, 0.4) is 0 Å². The summed E-state index contributed by atoms with van der Waals surface area (Å²) < 4.78 is 6.02. The van der Waals surface area contributed by atoms with Crippen LogP contribution < -0.4 is 0 Å². The molecule has 0 unspecified atom stereocenters. The number of carbonyl (C=O) groups is 1. The molecule has 0 atom stereocenters. The molecule has 2 aliphatic carbocycles. The van der Waals surface area contributed by atoms with Crippen molar-refractivity contribution in [2.75, 3.05) is 6.61 Å². The van der Waals surface area contributed by atoms with Crippen LogP contribution in [0.2, 0.25) is 0 Å². The van der Waals surface area contributed by atoms with Gasteiger partial charge in [-0.3, -0.25) is 4.79 Å². The monoisotopic (exact) mass is 252 g/mol. The van der Waals surface area contributed by atoms with Crippen LogP contribution in [-0.2, 0) is 9.53 Å². The summed E-state index contributed by atoms with van der Waals surface area (Å²) in [6.07, 6.45) is 12.8. The Balaban J connectivity index is 2.08. The quantitative estimate of drug-likeness (QED) is 0.699. The summed E-state index contributed by atoms with van der Waals surface area (Å²) >= 11 is 0. The van der Waals surface area contributed by atoms with E-state index in [9.17, 15) is 4.79 Å². The molecule has 0 amide bonds. The maximum absolute atomic E-state index is 12.9. The van der Waals surface area contributed by atoms with Crippen LogP contribution in [0.1, 0.15) is 77.6 Å². The molecule has 0 spiro atoms. The van der Waals surface area contributed by atoms with E-state index in [0.717, 1.165) is 25.7 Å². The first-order chi connectivity index (χ1) is 8.78. The van der Waals surface area contributed by atoms with Crippen LogP contribution in [-0.4, -0.2) is 18.0 Å². The SMILES string of the molecule is CCOC1(C(=O)C2CCCCC2)CCCCCC1. The van der Waals surface area contributed by atoms with Crippen molar-refractivity contribution in [3.8, 4) is 0 Å². The van der Waals surface area contributed by atoms with E-state index in [1.165, 1.54) is 44.9 Å². The molecule has 2 heteroatoms. The summed E-state index contributed by atoms with van der Waals surface area (Å²) in [6, 6.07) is 0. The molecular formula is C16H28O2. The Labute approximate surface area is 111 Å². The largest absolute Gasteiger partial charge is 0.367 e. The molecule has 0 N–H and O–H groups in total. The van der Waals surface area contributed by atoms with Gasteiger partial charge >= 0.3 is 0 Å². The van der Waals surface area contributed by atoms with Crippen molar-refractivity contribution in [1.29, 1.82) is 0 Å². The second kappa shape index (κ2) is 6.70. The number of hydrogen-bond donors (Lipinski definition) is 0. The van der Waals surface area contributed by atoms with E-state index >= 15 is 0 Å². The zero-order valence-corrected chi connectivity index (χ0v) is 11.9. The Hall–Kier alpha value is -0.370. The first kappa shape index (κ1) is 14.0. The molecule has 2 saturated carbocycles. The predicted molar refractivity (Wildman–Crippen MR) is 73.6 cm³/mol. The van der Waals surface area contributed by atoms with E-state index in [0.29, 0.717) is 18.3 Å². The molecule has 18 heavy (non-hydrogen) atoms.